The zero-order valence-corrected chi connectivity index (χ0v) is 16.2. The van der Waals surface area contributed by atoms with Crippen molar-refractivity contribution in [2.75, 3.05) is 31.7 Å². The summed E-state index contributed by atoms with van der Waals surface area (Å²) < 4.78 is 28.1. The summed E-state index contributed by atoms with van der Waals surface area (Å²) in [7, 11) is -1.78. The van der Waals surface area contributed by atoms with Gasteiger partial charge in [-0.15, -0.1) is 0 Å². The number of sulfone groups is 1. The number of piperidine rings is 1. The van der Waals surface area contributed by atoms with Crippen molar-refractivity contribution in [3.8, 4) is 0 Å². The van der Waals surface area contributed by atoms with Gasteiger partial charge in [-0.1, -0.05) is 0 Å². The van der Waals surface area contributed by atoms with Gasteiger partial charge in [-0.05, 0) is 25.2 Å². The number of methoxy groups -OCH3 is 1. The molecule has 0 aliphatic carbocycles. The molecule has 2 saturated heterocycles. The molecule has 27 heavy (non-hydrogen) atoms. The molecule has 0 radical (unpaired) electrons. The van der Waals surface area contributed by atoms with E-state index in [0.29, 0.717) is 31.6 Å². The molecule has 1 atom stereocenters. The number of carbonyl (C=O) groups excluding carboxylic acids is 3. The highest BCUT2D eigenvalue weighted by atomic mass is 32.2. The summed E-state index contributed by atoms with van der Waals surface area (Å²) in [6.07, 6.45) is 2.60. The number of amides is 2. The SMILES string of the molecule is COC(=O)CC1CCN(C(=O)C2=NN([C@H]3CCS(=O)(=O)C3)C(=O)CC2)CC1. The minimum atomic E-state index is -3.14. The second-order valence-corrected chi connectivity index (χ2v) is 9.59. The average Bonchev–Trinajstić information content (AvgIpc) is 3.01. The summed E-state index contributed by atoms with van der Waals surface area (Å²) in [5.74, 6) is -0.514. The maximum Gasteiger partial charge on any atom is 0.305 e. The number of hydrazone groups is 1. The fraction of sp³-hybridized carbons (Fsp3) is 0.765. The molecular weight excluding hydrogens is 374 g/mol. The summed E-state index contributed by atoms with van der Waals surface area (Å²) in [6.45, 7) is 1.07. The van der Waals surface area contributed by atoms with Crippen LogP contribution in [0, 0.1) is 5.92 Å². The van der Waals surface area contributed by atoms with Crippen molar-refractivity contribution in [1.29, 1.82) is 0 Å². The quantitative estimate of drug-likeness (QED) is 0.613. The Morgan fingerprint density at radius 1 is 1.19 bits per heavy atom. The van der Waals surface area contributed by atoms with Crippen LogP contribution in [0.25, 0.3) is 0 Å². The predicted octanol–water partition coefficient (Wildman–Crippen LogP) is -0.0464. The lowest BCUT2D eigenvalue weighted by atomic mass is 9.93. The summed E-state index contributed by atoms with van der Waals surface area (Å²) >= 11 is 0. The highest BCUT2D eigenvalue weighted by Gasteiger charge is 2.38. The third kappa shape index (κ3) is 4.66. The molecule has 0 aromatic carbocycles. The van der Waals surface area contributed by atoms with E-state index in [0.717, 1.165) is 12.8 Å². The van der Waals surface area contributed by atoms with Gasteiger partial charge in [0.1, 0.15) is 5.71 Å². The third-order valence-corrected chi connectivity index (χ3v) is 7.20. The lowest BCUT2D eigenvalue weighted by Crippen LogP contribution is -2.47. The van der Waals surface area contributed by atoms with Gasteiger partial charge in [-0.25, -0.2) is 13.4 Å². The number of esters is 1. The Morgan fingerprint density at radius 3 is 2.48 bits per heavy atom. The molecule has 0 N–H and O–H groups in total. The van der Waals surface area contributed by atoms with Gasteiger partial charge < -0.3 is 9.64 Å². The second-order valence-electron chi connectivity index (χ2n) is 7.36. The molecule has 9 nitrogen and oxygen atoms in total. The van der Waals surface area contributed by atoms with E-state index in [2.05, 4.69) is 9.84 Å². The smallest absolute Gasteiger partial charge is 0.305 e. The lowest BCUT2D eigenvalue weighted by Gasteiger charge is -2.33. The van der Waals surface area contributed by atoms with E-state index in [4.69, 9.17) is 0 Å². The molecule has 2 fully saturated rings. The number of nitrogens with zero attached hydrogens (tertiary/aromatic N) is 3. The Balaban J connectivity index is 1.62. The molecule has 150 valence electrons. The molecular formula is C17H25N3O6S. The molecule has 0 unspecified atom stereocenters. The first-order valence-electron chi connectivity index (χ1n) is 9.25. The first-order valence-corrected chi connectivity index (χ1v) is 11.1. The van der Waals surface area contributed by atoms with Crippen LogP contribution in [0.3, 0.4) is 0 Å². The number of likely N-dealkylation sites (tertiary alicyclic amines) is 1. The zero-order chi connectivity index (χ0) is 19.6. The molecule has 0 bridgehead atoms. The van der Waals surface area contributed by atoms with Gasteiger partial charge in [0.15, 0.2) is 9.84 Å². The maximum absolute atomic E-state index is 12.8. The minimum Gasteiger partial charge on any atom is -0.469 e. The minimum absolute atomic E-state index is 0.0496. The van der Waals surface area contributed by atoms with Crippen molar-refractivity contribution >= 4 is 33.3 Å². The van der Waals surface area contributed by atoms with Crippen LogP contribution < -0.4 is 0 Å². The third-order valence-electron chi connectivity index (χ3n) is 5.45. The fourth-order valence-electron chi connectivity index (χ4n) is 3.82. The van der Waals surface area contributed by atoms with Crippen LogP contribution in [0.1, 0.15) is 38.5 Å². The number of hydrogen-bond acceptors (Lipinski definition) is 7. The van der Waals surface area contributed by atoms with E-state index >= 15 is 0 Å². The Labute approximate surface area is 158 Å². The molecule has 3 heterocycles. The fourth-order valence-corrected chi connectivity index (χ4v) is 5.51. The number of ether oxygens (including phenoxy) is 1. The summed E-state index contributed by atoms with van der Waals surface area (Å²) in [5, 5.41) is 5.45. The molecule has 2 amide bonds. The summed E-state index contributed by atoms with van der Waals surface area (Å²) in [6, 6.07) is -0.476. The summed E-state index contributed by atoms with van der Waals surface area (Å²) in [5.41, 5.74) is 0.310. The Hall–Kier alpha value is -1.97. The van der Waals surface area contributed by atoms with E-state index in [1.54, 1.807) is 4.90 Å². The van der Waals surface area contributed by atoms with Crippen molar-refractivity contribution in [3.05, 3.63) is 0 Å². The molecule has 0 aromatic rings. The highest BCUT2D eigenvalue weighted by Crippen LogP contribution is 2.24. The average molecular weight is 399 g/mol. The van der Waals surface area contributed by atoms with Gasteiger partial charge in [0, 0.05) is 32.4 Å². The topological polar surface area (TPSA) is 113 Å². The standard InChI is InChI=1S/C17H25N3O6S/c1-26-16(22)10-12-4-7-19(8-5-12)17(23)14-2-3-15(21)20(18-14)13-6-9-27(24,25)11-13/h12-13H,2-11H2,1H3/t13-/m0/s1. The van der Waals surface area contributed by atoms with Crippen LogP contribution in [0.5, 0.6) is 0 Å². The molecule has 3 rings (SSSR count). The van der Waals surface area contributed by atoms with E-state index < -0.39 is 15.9 Å². The van der Waals surface area contributed by atoms with Gasteiger partial charge >= 0.3 is 5.97 Å². The molecule has 0 saturated carbocycles. The normalized spacial score (nSPS) is 26.0. The van der Waals surface area contributed by atoms with Crippen molar-refractivity contribution in [3.63, 3.8) is 0 Å². The predicted molar refractivity (Wildman–Crippen MR) is 96.5 cm³/mol. The van der Waals surface area contributed by atoms with Crippen LogP contribution in [0.2, 0.25) is 0 Å². The first kappa shape index (κ1) is 19.8. The van der Waals surface area contributed by atoms with Crippen LogP contribution in [-0.2, 0) is 29.0 Å². The van der Waals surface area contributed by atoms with Crippen LogP contribution in [0.4, 0.5) is 0 Å². The van der Waals surface area contributed by atoms with Crippen molar-refractivity contribution < 1.29 is 27.5 Å². The second kappa shape index (κ2) is 7.95. The van der Waals surface area contributed by atoms with E-state index in [1.165, 1.54) is 12.1 Å². The van der Waals surface area contributed by atoms with Crippen molar-refractivity contribution in [1.82, 2.24) is 9.91 Å². The molecule has 10 heteroatoms. The van der Waals surface area contributed by atoms with Crippen LogP contribution in [-0.4, -0.2) is 79.6 Å². The van der Waals surface area contributed by atoms with E-state index in [1.807, 2.05) is 0 Å². The van der Waals surface area contributed by atoms with E-state index in [9.17, 15) is 22.8 Å². The van der Waals surface area contributed by atoms with Crippen molar-refractivity contribution in [2.24, 2.45) is 11.0 Å². The molecule has 3 aliphatic heterocycles. The highest BCUT2D eigenvalue weighted by molar-refractivity contribution is 7.91. The van der Waals surface area contributed by atoms with E-state index in [-0.39, 0.29) is 48.0 Å². The number of carbonyl (C=O) groups is 3. The Kier molecular flexibility index (Phi) is 5.83. The largest absolute Gasteiger partial charge is 0.469 e. The summed E-state index contributed by atoms with van der Waals surface area (Å²) in [4.78, 5) is 38.0. The molecule has 0 aromatic heterocycles. The van der Waals surface area contributed by atoms with Gasteiger partial charge in [0.05, 0.1) is 24.7 Å². The van der Waals surface area contributed by atoms with Crippen LogP contribution >= 0.6 is 0 Å². The molecule has 3 aliphatic rings. The lowest BCUT2D eigenvalue weighted by molar-refractivity contribution is -0.142. The number of hydrogen-bond donors (Lipinski definition) is 0. The van der Waals surface area contributed by atoms with Gasteiger partial charge in [-0.3, -0.25) is 14.4 Å². The van der Waals surface area contributed by atoms with Crippen molar-refractivity contribution in [2.45, 2.75) is 44.6 Å². The Morgan fingerprint density at radius 2 is 1.89 bits per heavy atom. The molecule has 0 spiro atoms. The van der Waals surface area contributed by atoms with Gasteiger partial charge in [0.25, 0.3) is 5.91 Å². The van der Waals surface area contributed by atoms with Gasteiger partial charge in [-0.2, -0.15) is 5.10 Å². The Bertz CT molecular complexity index is 755. The van der Waals surface area contributed by atoms with Gasteiger partial charge in [0.2, 0.25) is 5.91 Å². The van der Waals surface area contributed by atoms with Crippen LogP contribution in [0.15, 0.2) is 5.10 Å². The maximum atomic E-state index is 12.8. The zero-order valence-electron chi connectivity index (χ0n) is 15.4. The first-order chi connectivity index (χ1) is 12.8. The monoisotopic (exact) mass is 399 g/mol. The number of rotatable bonds is 4.